The number of carboxylic acid groups (broad SMARTS) is 4. The van der Waals surface area contributed by atoms with Gasteiger partial charge in [0.1, 0.15) is 0 Å². The SMILES string of the molecule is C.CC(=O)OC(C)=O.CCCO.CCCOC(=O)Cc1ccc(OC(C)O)c(OCC)c1.CCOc1cc(C(O)C(=O)O)ccc1O.CCOc1cc(C(OC(C)=O)C(=O)O)ccc1OC(C)=O.CCOc1cc(CC(=O)O)ccc1OC(C)=O.CCOc1ccccc1O.CO.O.O=CC(=O)O.O=S(=O)(O)O.[B].[B][B].[B][B][B]. The number of aliphatic hydroxyl groups excluding tert-OH is 4. The summed E-state index contributed by atoms with van der Waals surface area (Å²) in [6, 6.07) is 24.8. The normalized spacial score (nSPS) is 9.75. The van der Waals surface area contributed by atoms with E-state index < -0.39 is 82.6 Å². The molecule has 0 aliphatic carbocycles. The fourth-order valence-corrected chi connectivity index (χ4v) is 6.66. The summed E-state index contributed by atoms with van der Waals surface area (Å²) in [4.78, 5) is 114. The molecule has 0 amide bonds. The highest BCUT2D eigenvalue weighted by Gasteiger charge is 2.25. The molecule has 37 nitrogen and oxygen atoms in total. The summed E-state index contributed by atoms with van der Waals surface area (Å²) in [5.74, 6) is -5.27. The predicted molar refractivity (Wildman–Crippen MR) is 418 cm³/mol. The fraction of sp³-hybridized carbons (Fsp3) is 0.414. The first-order chi connectivity index (χ1) is 52.1. The highest BCUT2D eigenvalue weighted by atomic mass is 32.3. The number of carbonyl (C=O) groups is 11. The molecule has 3 atom stereocenters. The van der Waals surface area contributed by atoms with Gasteiger partial charge in [0.05, 0.1) is 52.5 Å². The van der Waals surface area contributed by atoms with E-state index in [0.717, 1.165) is 39.5 Å². The summed E-state index contributed by atoms with van der Waals surface area (Å²) in [6.45, 7) is 23.3. The summed E-state index contributed by atoms with van der Waals surface area (Å²) in [6.07, 6.45) is -2.38. The van der Waals surface area contributed by atoms with Crippen LogP contribution in [0.5, 0.6) is 57.5 Å². The molecule has 0 aliphatic heterocycles. The van der Waals surface area contributed by atoms with Crippen molar-refractivity contribution in [3.8, 4) is 57.5 Å². The molecule has 0 fully saturated rings. The van der Waals surface area contributed by atoms with Crippen LogP contribution in [0.1, 0.15) is 145 Å². The van der Waals surface area contributed by atoms with E-state index >= 15 is 0 Å². The molecule has 114 heavy (non-hydrogen) atoms. The zero-order valence-electron chi connectivity index (χ0n) is 64.9. The molecule has 0 heterocycles. The molecule has 628 valence electrons. The maximum Gasteiger partial charge on any atom is 0.394 e. The molecular formula is C70H102B6O37S. The molecule has 0 saturated heterocycles. The number of aliphatic carboxylic acids is 4. The Labute approximate surface area is 670 Å². The van der Waals surface area contributed by atoms with Crippen LogP contribution in [-0.2, 0) is 90.2 Å². The number of aldehydes is 1. The average Bonchev–Trinajstić information content (AvgIpc) is 0.846. The molecule has 44 heteroatoms. The molecule has 5 aromatic rings. The van der Waals surface area contributed by atoms with Crippen LogP contribution in [0.15, 0.2) is 97.1 Å². The van der Waals surface area contributed by atoms with Crippen molar-refractivity contribution in [3.63, 3.8) is 0 Å². The minimum absolute atomic E-state index is 0. The molecule has 0 spiro atoms. The third-order valence-electron chi connectivity index (χ3n) is 10.3. The second-order valence-corrected chi connectivity index (χ2v) is 20.4. The molecule has 5 aromatic carbocycles. The summed E-state index contributed by atoms with van der Waals surface area (Å²) in [7, 11) is 14.3. The number of carboxylic acids is 4. The number of rotatable bonds is 27. The first kappa shape index (κ1) is 124. The van der Waals surface area contributed by atoms with Crippen molar-refractivity contribution in [2.45, 2.75) is 142 Å². The fourth-order valence-electron chi connectivity index (χ4n) is 6.66. The Morgan fingerprint density at radius 2 is 0.877 bits per heavy atom. The van der Waals surface area contributed by atoms with E-state index in [2.05, 4.69) is 35.7 Å². The van der Waals surface area contributed by atoms with Gasteiger partial charge in [-0.25, -0.2) is 14.4 Å². The van der Waals surface area contributed by atoms with Crippen LogP contribution in [0.25, 0.3) is 0 Å². The van der Waals surface area contributed by atoms with Gasteiger partial charge in [0, 0.05) is 100 Å². The van der Waals surface area contributed by atoms with E-state index in [1.54, 1.807) is 69.3 Å². The number of hydrogen-bond acceptors (Lipinski definition) is 30. The number of hydrogen-bond donors (Lipinski definition) is 12. The van der Waals surface area contributed by atoms with Crippen molar-refractivity contribution in [2.75, 3.05) is 53.4 Å². The van der Waals surface area contributed by atoms with E-state index in [-0.39, 0.29) is 86.3 Å². The van der Waals surface area contributed by atoms with Crippen LogP contribution in [0.2, 0.25) is 0 Å². The van der Waals surface area contributed by atoms with Crippen molar-refractivity contribution in [1.29, 1.82) is 0 Å². The van der Waals surface area contributed by atoms with Crippen molar-refractivity contribution in [2.24, 2.45) is 0 Å². The highest BCUT2D eigenvalue weighted by Crippen LogP contribution is 2.34. The number of phenols is 2. The lowest BCUT2D eigenvalue weighted by molar-refractivity contribution is -0.163. The second kappa shape index (κ2) is 77.5. The predicted octanol–water partition coefficient (Wildman–Crippen LogP) is 4.57. The van der Waals surface area contributed by atoms with Gasteiger partial charge in [0.15, 0.2) is 69.9 Å². The van der Waals surface area contributed by atoms with Gasteiger partial charge in [-0.05, 0) is 132 Å². The number of esters is 6. The molecule has 14 N–H and O–H groups in total. The van der Waals surface area contributed by atoms with Gasteiger partial charge >= 0.3 is 70.1 Å². The standard InChI is InChI=1S/C15H22O5.C14H16O7.C12H14O5.C10H12O5.C8H10O2.C4H6O3.C3H8O.C2H2O3.CH4O.CH4.B3.B2.B.H2O4S.H2O/c1-4-8-19-15(17)10-12-6-7-13(20-11(3)16)14(9-12)18-5-2;1-4-19-12-7-10(5-6-11(12)20-8(2)15)13(14(17)18)21-9(3)16;1-3-16-11-6-9(7-12(14)15)4-5-10(11)17-8(2)13;1-2-15-8-5-6(3-4-7(8)11)9(12)10(13)14;1-2-10-8-6-4-3-5-7(8)9;1-3(5)7-4(2)6;1-2-3-4;3-1-2(4)5;1-2;;1-3-2;1-2;;1-5(2,3)4;/h6-7,9,11,16H,4-5,8,10H2,1-3H3;5-7,13H,4H2,1-3H3,(H,17,18);4-6H,3,7H2,1-2H3,(H,14,15);3-5,9,11-12H,2H2,1H3,(H,13,14);3-6,9H,2H2,1H3;1-2H3;4H,2-3H2,1H3;1H,(H,4,5);2H,1H3;1H4;;;;(H2,1,2,3,4);1H2. The van der Waals surface area contributed by atoms with Gasteiger partial charge in [0.25, 0.3) is 0 Å². The first-order valence-corrected chi connectivity index (χ1v) is 33.7. The Morgan fingerprint density at radius 1 is 0.518 bits per heavy atom. The number of para-hydroxylation sites is 2. The van der Waals surface area contributed by atoms with Crippen LogP contribution in [-0.4, -0.2) is 246 Å². The Morgan fingerprint density at radius 3 is 1.22 bits per heavy atom. The van der Waals surface area contributed by atoms with E-state index in [1.807, 2.05) is 33.8 Å². The lowest BCUT2D eigenvalue weighted by Crippen LogP contribution is -2.18. The smallest absolute Gasteiger partial charge is 0.394 e. The minimum atomic E-state index is -4.67. The lowest BCUT2D eigenvalue weighted by atomic mass is 9.40. The van der Waals surface area contributed by atoms with Crippen LogP contribution in [0.3, 0.4) is 0 Å². The highest BCUT2D eigenvalue weighted by molar-refractivity contribution is 7.79. The van der Waals surface area contributed by atoms with Crippen molar-refractivity contribution < 1.29 is 179 Å². The van der Waals surface area contributed by atoms with Crippen LogP contribution in [0.4, 0.5) is 0 Å². The van der Waals surface area contributed by atoms with Gasteiger partial charge in [0.2, 0.25) is 12.4 Å². The largest absolute Gasteiger partial charge is 0.504 e. The van der Waals surface area contributed by atoms with E-state index in [0.29, 0.717) is 80.6 Å². The summed E-state index contributed by atoms with van der Waals surface area (Å²) < 4.78 is 86.7. The Balaban J connectivity index is -0.000000137. The maximum absolute atomic E-state index is 11.6. The van der Waals surface area contributed by atoms with Gasteiger partial charge in [-0.1, -0.05) is 57.7 Å². The number of benzene rings is 5. The molecule has 0 aromatic heterocycles. The number of ether oxygens (including phenoxy) is 11. The van der Waals surface area contributed by atoms with Gasteiger partial charge < -0.3 is 109 Å². The van der Waals surface area contributed by atoms with Gasteiger partial charge in [-0.3, -0.25) is 47.5 Å². The third-order valence-corrected chi connectivity index (χ3v) is 10.3. The summed E-state index contributed by atoms with van der Waals surface area (Å²) >= 11 is 0. The van der Waals surface area contributed by atoms with E-state index in [1.165, 1.54) is 77.1 Å². The topological polar surface area (TPSA) is 598 Å². The zero-order chi connectivity index (χ0) is 87.4. The molecule has 0 bridgehead atoms. The lowest BCUT2D eigenvalue weighted by Gasteiger charge is -2.16. The minimum Gasteiger partial charge on any atom is -0.504 e. The molecule has 0 saturated carbocycles. The molecule has 12 radical (unpaired) electrons. The Hall–Kier alpha value is -10.9. The Bertz CT molecular complexity index is 3580. The van der Waals surface area contributed by atoms with Gasteiger partial charge in [-0.2, -0.15) is 8.42 Å². The average molecular weight is 1630 g/mol. The number of carbonyl (C=O) groups excluding carboxylic acids is 7. The molecule has 5 rings (SSSR count). The van der Waals surface area contributed by atoms with Gasteiger partial charge in [-0.15, -0.1) is 0 Å². The maximum atomic E-state index is 11.6. The third kappa shape index (κ3) is 72.7. The monoisotopic (exact) mass is 1630 g/mol. The van der Waals surface area contributed by atoms with Crippen molar-refractivity contribution >= 4 is 123 Å². The molecular weight excluding hydrogens is 1530 g/mol. The van der Waals surface area contributed by atoms with Crippen LogP contribution >= 0.6 is 0 Å². The zero-order valence-corrected chi connectivity index (χ0v) is 65.7. The molecule has 3 unspecified atom stereocenters. The Kier molecular flexibility index (Phi) is 84.3. The second-order valence-electron chi connectivity index (χ2n) is 19.5. The van der Waals surface area contributed by atoms with Crippen molar-refractivity contribution in [1.82, 2.24) is 0 Å². The number of aromatic hydroxyl groups is 2. The molecule has 0 aliphatic rings. The summed E-state index contributed by atoms with van der Waals surface area (Å²) in [5, 5.41) is 85.5. The van der Waals surface area contributed by atoms with E-state index in [9.17, 15) is 58.5 Å². The quantitative estimate of drug-likeness (QED) is 0.00394. The first-order valence-electron chi connectivity index (χ1n) is 32.3. The van der Waals surface area contributed by atoms with E-state index in [4.69, 9.17) is 110 Å². The van der Waals surface area contributed by atoms with Crippen LogP contribution < -0.4 is 37.9 Å². The van der Waals surface area contributed by atoms with Crippen molar-refractivity contribution in [3.05, 3.63) is 119 Å². The number of phenolic OH excluding ortho intramolecular Hbond substituents is 2. The number of aliphatic hydroxyl groups is 4. The summed E-state index contributed by atoms with van der Waals surface area (Å²) in [5.41, 5.74) is 1.75. The van der Waals surface area contributed by atoms with Crippen LogP contribution in [0, 0.1) is 0 Å².